The number of ether oxygens (including phenoxy) is 1. The van der Waals surface area contributed by atoms with Crippen molar-refractivity contribution in [2.45, 2.75) is 45.7 Å². The first kappa shape index (κ1) is 20.4. The van der Waals surface area contributed by atoms with Crippen molar-refractivity contribution in [3.05, 3.63) is 45.3 Å². The summed E-state index contributed by atoms with van der Waals surface area (Å²) in [5.74, 6) is 0.174. The van der Waals surface area contributed by atoms with Crippen molar-refractivity contribution in [2.24, 2.45) is 5.73 Å². The third kappa shape index (κ3) is 4.05. The molecule has 0 saturated heterocycles. The van der Waals surface area contributed by atoms with E-state index in [4.69, 9.17) is 10.5 Å². The molecule has 1 atom stereocenters. The second-order valence-corrected chi connectivity index (χ2v) is 8.43. The maximum atomic E-state index is 12.8. The van der Waals surface area contributed by atoms with E-state index in [9.17, 15) is 9.59 Å². The van der Waals surface area contributed by atoms with Crippen LogP contribution in [0.3, 0.4) is 0 Å². The van der Waals surface area contributed by atoms with Gasteiger partial charge >= 0.3 is 0 Å². The Hall–Kier alpha value is -2.38. The minimum absolute atomic E-state index is 0.156. The summed E-state index contributed by atoms with van der Waals surface area (Å²) in [7, 11) is 3.54. The Balaban J connectivity index is 1.73. The highest BCUT2D eigenvalue weighted by Crippen LogP contribution is 2.39. The van der Waals surface area contributed by atoms with E-state index in [0.717, 1.165) is 46.6 Å². The van der Waals surface area contributed by atoms with Crippen LogP contribution in [0.1, 0.15) is 45.3 Å². The summed E-state index contributed by atoms with van der Waals surface area (Å²) in [5, 5.41) is 3.51. The number of methoxy groups -OCH3 is 1. The Morgan fingerprint density at radius 1 is 1.36 bits per heavy atom. The number of nitrogens with two attached hydrogens (primary N) is 1. The summed E-state index contributed by atoms with van der Waals surface area (Å²) in [4.78, 5) is 27.9. The molecule has 0 bridgehead atoms. The number of hydrogen-bond acceptors (Lipinski definition) is 5. The Morgan fingerprint density at radius 3 is 2.79 bits per heavy atom. The molecular formula is C21H27N3O3S. The topological polar surface area (TPSA) is 84.7 Å². The number of nitrogens with one attached hydrogen (secondary N) is 1. The lowest BCUT2D eigenvalue weighted by molar-refractivity contribution is -0.120. The van der Waals surface area contributed by atoms with Gasteiger partial charge in [0.15, 0.2) is 0 Å². The van der Waals surface area contributed by atoms with Crippen LogP contribution in [0, 0.1) is 6.92 Å². The van der Waals surface area contributed by atoms with Gasteiger partial charge in [0.2, 0.25) is 5.91 Å². The van der Waals surface area contributed by atoms with Crippen molar-refractivity contribution in [2.75, 3.05) is 19.5 Å². The fourth-order valence-electron chi connectivity index (χ4n) is 3.61. The zero-order valence-corrected chi connectivity index (χ0v) is 17.6. The molecule has 0 fully saturated rings. The first-order chi connectivity index (χ1) is 13.3. The first-order valence-corrected chi connectivity index (χ1v) is 10.2. The zero-order valence-electron chi connectivity index (χ0n) is 16.8. The van der Waals surface area contributed by atoms with Crippen molar-refractivity contribution in [1.29, 1.82) is 0 Å². The average molecular weight is 402 g/mol. The van der Waals surface area contributed by atoms with Gasteiger partial charge in [0, 0.05) is 17.0 Å². The predicted molar refractivity (Wildman–Crippen MR) is 112 cm³/mol. The molecule has 0 radical (unpaired) electrons. The second kappa shape index (κ2) is 8.32. The molecule has 0 aliphatic heterocycles. The number of hydrogen-bond donors (Lipinski definition) is 2. The number of thiophene rings is 1. The fourth-order valence-corrected chi connectivity index (χ4v) is 4.90. The molecule has 3 rings (SSSR count). The number of benzene rings is 1. The van der Waals surface area contributed by atoms with E-state index in [1.165, 1.54) is 11.3 Å². The van der Waals surface area contributed by atoms with Gasteiger partial charge in [-0.25, -0.2) is 0 Å². The van der Waals surface area contributed by atoms with Crippen molar-refractivity contribution in [3.63, 3.8) is 0 Å². The van der Waals surface area contributed by atoms with Crippen molar-refractivity contribution in [1.82, 2.24) is 4.90 Å². The van der Waals surface area contributed by atoms with E-state index in [0.29, 0.717) is 17.1 Å². The van der Waals surface area contributed by atoms with Gasteiger partial charge in [-0.05, 0) is 51.8 Å². The largest absolute Gasteiger partial charge is 0.496 e. The molecule has 1 heterocycles. The van der Waals surface area contributed by atoms with Crippen LogP contribution in [0.4, 0.5) is 5.00 Å². The van der Waals surface area contributed by atoms with Crippen molar-refractivity contribution in [3.8, 4) is 5.75 Å². The molecule has 150 valence electrons. The number of anilines is 1. The maximum absolute atomic E-state index is 12.8. The summed E-state index contributed by atoms with van der Waals surface area (Å²) in [6.45, 7) is 4.45. The van der Waals surface area contributed by atoms with Crippen LogP contribution in [-0.2, 0) is 24.2 Å². The summed E-state index contributed by atoms with van der Waals surface area (Å²) in [6, 6.07) is 5.62. The van der Waals surface area contributed by atoms with Gasteiger partial charge in [0.1, 0.15) is 10.8 Å². The van der Waals surface area contributed by atoms with Crippen LogP contribution in [0.25, 0.3) is 0 Å². The molecular weight excluding hydrogens is 374 g/mol. The van der Waals surface area contributed by atoms with Crippen LogP contribution >= 0.6 is 11.3 Å². The molecule has 2 aromatic rings. The molecule has 6 nitrogen and oxygen atoms in total. The van der Waals surface area contributed by atoms with E-state index in [1.54, 1.807) is 7.11 Å². The molecule has 1 aliphatic carbocycles. The molecule has 7 heteroatoms. The number of amides is 2. The van der Waals surface area contributed by atoms with E-state index < -0.39 is 5.91 Å². The average Bonchev–Trinajstić information content (AvgIpc) is 3.21. The lowest BCUT2D eigenvalue weighted by Gasteiger charge is -2.25. The van der Waals surface area contributed by atoms with Crippen LogP contribution in [0.5, 0.6) is 5.75 Å². The number of carbonyl (C=O) groups is 2. The van der Waals surface area contributed by atoms with E-state index in [1.807, 2.05) is 37.9 Å². The van der Waals surface area contributed by atoms with Crippen LogP contribution in [-0.4, -0.2) is 36.9 Å². The van der Waals surface area contributed by atoms with Gasteiger partial charge in [-0.3, -0.25) is 14.5 Å². The van der Waals surface area contributed by atoms with E-state index in [2.05, 4.69) is 11.4 Å². The number of rotatable bonds is 7. The first-order valence-electron chi connectivity index (χ1n) is 9.40. The van der Waals surface area contributed by atoms with Crippen molar-refractivity contribution >= 4 is 28.2 Å². The van der Waals surface area contributed by atoms with Gasteiger partial charge in [-0.2, -0.15) is 0 Å². The Kier molecular flexibility index (Phi) is 6.05. The molecule has 3 N–H and O–H groups in total. The number of fused-ring (bicyclic) bond motifs is 1. The Bertz CT molecular complexity index is 907. The number of aryl methyl sites for hydroxylation is 2. The highest BCUT2D eigenvalue weighted by Gasteiger charge is 2.28. The van der Waals surface area contributed by atoms with Crippen LogP contribution < -0.4 is 15.8 Å². The number of carbonyl (C=O) groups excluding carboxylic acids is 2. The standard InChI is InChI=1S/C21H27N3O3S/c1-12-8-9-16(27-4)14(10-12)11-24(3)13(2)20(26)23-21-18(19(22)25)15-6-5-7-17(15)28-21/h8-10,13H,5-7,11H2,1-4H3,(H2,22,25)(H,23,26)/t13-/m1/s1. The summed E-state index contributed by atoms with van der Waals surface area (Å²) in [5.41, 5.74) is 9.25. The summed E-state index contributed by atoms with van der Waals surface area (Å²) < 4.78 is 5.44. The molecule has 1 aromatic heterocycles. The Morgan fingerprint density at radius 2 is 2.11 bits per heavy atom. The van der Waals surface area contributed by atoms with E-state index in [-0.39, 0.29) is 11.9 Å². The molecule has 2 amide bonds. The van der Waals surface area contributed by atoms with Gasteiger partial charge in [-0.15, -0.1) is 11.3 Å². The van der Waals surface area contributed by atoms with Crippen molar-refractivity contribution < 1.29 is 14.3 Å². The lowest BCUT2D eigenvalue weighted by Crippen LogP contribution is -2.39. The summed E-state index contributed by atoms with van der Waals surface area (Å²) in [6.07, 6.45) is 2.83. The molecule has 0 saturated carbocycles. The van der Waals surface area contributed by atoms with Gasteiger partial charge in [0.05, 0.1) is 18.7 Å². The smallest absolute Gasteiger partial charge is 0.251 e. The zero-order chi connectivity index (χ0) is 20.4. The second-order valence-electron chi connectivity index (χ2n) is 7.32. The fraction of sp³-hybridized carbons (Fsp3) is 0.429. The van der Waals surface area contributed by atoms with Gasteiger partial charge < -0.3 is 15.8 Å². The third-order valence-electron chi connectivity index (χ3n) is 5.30. The van der Waals surface area contributed by atoms with E-state index >= 15 is 0 Å². The van der Waals surface area contributed by atoms with Gasteiger partial charge in [0.25, 0.3) is 5.91 Å². The highest BCUT2D eigenvalue weighted by atomic mass is 32.1. The van der Waals surface area contributed by atoms with Gasteiger partial charge in [-0.1, -0.05) is 17.7 Å². The molecule has 1 aromatic carbocycles. The number of primary amides is 1. The quantitative estimate of drug-likeness (QED) is 0.747. The normalized spacial score (nSPS) is 14.0. The monoisotopic (exact) mass is 401 g/mol. The molecule has 0 unspecified atom stereocenters. The lowest BCUT2D eigenvalue weighted by atomic mass is 10.1. The third-order valence-corrected chi connectivity index (χ3v) is 6.51. The minimum atomic E-state index is -0.472. The minimum Gasteiger partial charge on any atom is -0.496 e. The predicted octanol–water partition coefficient (Wildman–Crippen LogP) is 3.11. The molecule has 1 aliphatic rings. The number of likely N-dealkylation sites (N-methyl/N-ethyl adjacent to an activating group) is 1. The van der Waals surface area contributed by atoms with Crippen LogP contribution in [0.15, 0.2) is 18.2 Å². The SMILES string of the molecule is COc1ccc(C)cc1CN(C)[C@H](C)C(=O)Nc1sc2c(c1C(N)=O)CCC2. The van der Waals surface area contributed by atoms with Crippen LogP contribution in [0.2, 0.25) is 0 Å². The maximum Gasteiger partial charge on any atom is 0.251 e. The Labute approximate surface area is 169 Å². The molecule has 28 heavy (non-hydrogen) atoms. The number of nitrogens with zero attached hydrogens (tertiary/aromatic N) is 1. The molecule has 0 spiro atoms. The summed E-state index contributed by atoms with van der Waals surface area (Å²) >= 11 is 1.48. The highest BCUT2D eigenvalue weighted by molar-refractivity contribution is 7.17.